The Balaban J connectivity index is 0.00000137. The van der Waals surface area contributed by atoms with E-state index in [1.165, 1.54) is 0 Å². The molecule has 0 aliphatic carbocycles. The second kappa shape index (κ2) is 58.8. The molecule has 0 radical (unpaired) electrons. The van der Waals surface area contributed by atoms with Crippen molar-refractivity contribution in [3.63, 3.8) is 0 Å². The first-order valence-electron chi connectivity index (χ1n) is 39.5. The quantitative estimate of drug-likeness (QED) is 0.0173. The molecule has 0 saturated carbocycles. The summed E-state index contributed by atoms with van der Waals surface area (Å²) < 4.78 is 71.8. The minimum atomic E-state index is -0.978. The van der Waals surface area contributed by atoms with Gasteiger partial charge in [0.05, 0.1) is 102 Å². The van der Waals surface area contributed by atoms with Gasteiger partial charge < -0.3 is 97.4 Å². The first-order chi connectivity index (χ1) is 50.0. The molecule has 21 heteroatoms. The van der Waals surface area contributed by atoms with Crippen molar-refractivity contribution >= 4 is 0 Å². The van der Waals surface area contributed by atoms with Gasteiger partial charge in [-0.3, -0.25) is 0 Å². The topological polar surface area (TPSA) is 240 Å². The molecule has 0 aliphatic rings. The van der Waals surface area contributed by atoms with Crippen molar-refractivity contribution in [3.05, 3.63) is 70.8 Å². The van der Waals surface area contributed by atoms with Gasteiger partial charge in [-0.05, 0) is 203 Å². The van der Waals surface area contributed by atoms with E-state index in [1.54, 1.807) is 55.4 Å². The Hall–Kier alpha value is -5.13. The zero-order valence-electron chi connectivity index (χ0n) is 68.7. The average Bonchev–Trinajstić information content (AvgIpc) is 0.823. The van der Waals surface area contributed by atoms with Crippen LogP contribution in [-0.4, -0.2) is 79.3 Å². The van der Waals surface area contributed by atoms with E-state index in [-0.39, 0.29) is 21.7 Å². The number of hydrogen-bond donors (Lipinski definition) is 0. The van der Waals surface area contributed by atoms with Crippen molar-refractivity contribution in [1.29, 1.82) is 0 Å². The molecule has 0 unspecified atom stereocenters. The largest absolute Gasteiger partial charge is 4.00 e. The first-order valence-corrected chi connectivity index (χ1v) is 39.5. The molecular formula is C84H140O20Ti. The molecule has 0 heterocycles. The van der Waals surface area contributed by atoms with Crippen LogP contribution < -0.4 is 77.9 Å². The zero-order valence-corrected chi connectivity index (χ0v) is 70.3. The van der Waals surface area contributed by atoms with E-state index < -0.39 is 22.4 Å². The van der Waals surface area contributed by atoms with Gasteiger partial charge >= 0.3 is 21.7 Å². The Bertz CT molecular complexity index is 2310. The van der Waals surface area contributed by atoms with Crippen molar-refractivity contribution in [2.45, 2.75) is 315 Å². The molecule has 0 atom stereocenters. The van der Waals surface area contributed by atoms with Crippen molar-refractivity contribution in [2.24, 2.45) is 0 Å². The van der Waals surface area contributed by atoms with Crippen LogP contribution >= 0.6 is 0 Å². The van der Waals surface area contributed by atoms with Crippen LogP contribution in [0.5, 0.6) is 69.0 Å². The molecule has 0 N–H and O–H groups in total. The van der Waals surface area contributed by atoms with E-state index in [4.69, 9.17) is 56.8 Å². The van der Waals surface area contributed by atoms with Crippen molar-refractivity contribution in [1.82, 2.24) is 0 Å². The monoisotopic (exact) mass is 1520 g/mol. The molecule has 0 saturated heterocycles. The van der Waals surface area contributed by atoms with Crippen molar-refractivity contribution in [3.8, 4) is 69.0 Å². The Morgan fingerprint density at radius 3 is 0.400 bits per heavy atom. The zero-order chi connectivity index (χ0) is 77.7. The molecule has 600 valence electrons. The van der Waals surface area contributed by atoms with E-state index in [1.807, 2.05) is 48.5 Å². The van der Waals surface area contributed by atoms with Crippen LogP contribution in [0.2, 0.25) is 0 Å². The van der Waals surface area contributed by atoms with E-state index in [9.17, 15) is 21.0 Å². The van der Waals surface area contributed by atoms with Crippen molar-refractivity contribution < 1.29 is 119 Å². The van der Waals surface area contributed by atoms with Gasteiger partial charge in [0.25, 0.3) is 0 Å². The van der Waals surface area contributed by atoms with Gasteiger partial charge in [0.1, 0.15) is 0 Å². The molecule has 4 aromatic carbocycles. The number of rotatable bonds is 56. The molecular weight excluding hydrogens is 1380 g/mol. The molecule has 0 bridgehead atoms. The number of unbranched alkanes of at least 4 members (excludes halogenated alkanes) is 12. The first kappa shape index (κ1) is 99.9. The maximum absolute atomic E-state index is 11.2. The summed E-state index contributed by atoms with van der Waals surface area (Å²) in [5.41, 5.74) is -1.05. The molecule has 20 nitrogen and oxygen atoms in total. The predicted octanol–water partition coefficient (Wildman–Crippen LogP) is 19.0. The SMILES string of the molecule is CCCCOc1cc(C(C)(C)O[O-])cc(OCCCC)c1OCCCC.CCCCOc1cc(C(C)(C)O[O-])cc(OCCCC)c1OCCCC.CCCCOc1cc(C(C)(C)O[O-])cc(OCCCC)c1OCCCC.CCCCOc1cc(C(C)(C)O[O-])cc(OCCCC)c1OCCCC.[Ti+4]. The average molecular weight is 1520 g/mol. The van der Waals surface area contributed by atoms with E-state index in [2.05, 4.69) is 103 Å². The predicted molar refractivity (Wildman–Crippen MR) is 407 cm³/mol. The summed E-state index contributed by atoms with van der Waals surface area (Å²) in [4.78, 5) is 17.7. The van der Waals surface area contributed by atoms with Crippen LogP contribution in [-0.2, 0) is 63.7 Å². The number of ether oxygens (including phenoxy) is 12. The smallest absolute Gasteiger partial charge is 0.723 e. The van der Waals surface area contributed by atoms with Crippen LogP contribution in [0.25, 0.3) is 0 Å². The van der Waals surface area contributed by atoms with Gasteiger partial charge in [0.15, 0.2) is 46.0 Å². The minimum Gasteiger partial charge on any atom is -0.723 e. The normalized spacial score (nSPS) is 11.4. The third kappa shape index (κ3) is 38.7. The summed E-state index contributed by atoms with van der Waals surface area (Å²) in [5.74, 6) is 7.40. The van der Waals surface area contributed by atoms with Gasteiger partial charge in [0.2, 0.25) is 23.0 Å². The molecule has 0 fully saturated rings. The Kier molecular flexibility index (Phi) is 56.0. The third-order valence-electron chi connectivity index (χ3n) is 16.7. The fourth-order valence-electron chi connectivity index (χ4n) is 9.20. The summed E-state index contributed by atoms with van der Waals surface area (Å²) in [6.45, 7) is 46.5. The van der Waals surface area contributed by atoms with E-state index >= 15 is 0 Å². The minimum absolute atomic E-state index is 0. The molecule has 0 aliphatic heterocycles. The van der Waals surface area contributed by atoms with Gasteiger partial charge in [-0.25, -0.2) is 0 Å². The maximum atomic E-state index is 11.2. The number of benzene rings is 4. The molecule has 4 rings (SSSR count). The summed E-state index contributed by atoms with van der Waals surface area (Å²) in [6.07, 6.45) is 24.0. The van der Waals surface area contributed by atoms with Crippen LogP contribution in [0.4, 0.5) is 0 Å². The summed E-state index contributed by atoms with van der Waals surface area (Å²) in [5, 5.41) is 44.7. The fourth-order valence-corrected chi connectivity index (χ4v) is 9.20. The van der Waals surface area contributed by atoms with Gasteiger partial charge in [-0.15, -0.1) is 0 Å². The Morgan fingerprint density at radius 1 is 0.200 bits per heavy atom. The third-order valence-corrected chi connectivity index (χ3v) is 16.7. The fraction of sp³-hybridized carbons (Fsp3) is 0.714. The second-order valence-corrected chi connectivity index (χ2v) is 28.0. The van der Waals surface area contributed by atoms with Crippen LogP contribution in [0.3, 0.4) is 0 Å². The standard InChI is InChI=1S/4C21H36O5.Ti/c4*1-6-9-12-23-18-15-17(21(4,5)26-22)16-19(24-13-10-7-2)20(18)25-14-11-8-3;/h4*15-16,22H,6-14H2,1-5H3;/q;;;;+4/p-4. The summed E-state index contributed by atoms with van der Waals surface area (Å²) >= 11 is 0. The van der Waals surface area contributed by atoms with Crippen molar-refractivity contribution in [2.75, 3.05) is 79.3 Å². The van der Waals surface area contributed by atoms with Crippen LogP contribution in [0.1, 0.15) is 315 Å². The van der Waals surface area contributed by atoms with Crippen LogP contribution in [0.15, 0.2) is 48.5 Å². The second-order valence-electron chi connectivity index (χ2n) is 28.0. The number of hydrogen-bond acceptors (Lipinski definition) is 20. The molecule has 0 aromatic heterocycles. The van der Waals surface area contributed by atoms with E-state index in [0.29, 0.717) is 171 Å². The Morgan fingerprint density at radius 2 is 0.305 bits per heavy atom. The molecule has 0 spiro atoms. The van der Waals surface area contributed by atoms with Crippen LogP contribution in [0, 0.1) is 0 Å². The summed E-state index contributed by atoms with van der Waals surface area (Å²) in [7, 11) is 0. The Labute approximate surface area is 649 Å². The van der Waals surface area contributed by atoms with Gasteiger partial charge in [-0.1, -0.05) is 160 Å². The van der Waals surface area contributed by atoms with E-state index in [0.717, 1.165) is 154 Å². The molecule has 4 aromatic rings. The van der Waals surface area contributed by atoms with Gasteiger partial charge in [0, 0.05) is 0 Å². The maximum Gasteiger partial charge on any atom is 4.00 e. The van der Waals surface area contributed by atoms with Gasteiger partial charge in [-0.2, -0.15) is 0 Å². The molecule has 0 amide bonds. The summed E-state index contributed by atoms with van der Waals surface area (Å²) in [6, 6.07) is 14.7. The molecule has 105 heavy (non-hydrogen) atoms.